The Morgan fingerprint density at radius 2 is 1.76 bits per heavy atom. The van der Waals surface area contributed by atoms with Crippen molar-refractivity contribution < 1.29 is 13.2 Å². The van der Waals surface area contributed by atoms with E-state index >= 15 is 0 Å². The van der Waals surface area contributed by atoms with Crippen LogP contribution in [0.25, 0.3) is 0 Å². The topological polar surface area (TPSA) is 29.3 Å². The van der Waals surface area contributed by atoms with Gasteiger partial charge in [-0.05, 0) is 24.6 Å². The number of nitrogens with two attached hydrogens (primary N) is 1. The van der Waals surface area contributed by atoms with Crippen LogP contribution in [0.15, 0.2) is 24.3 Å². The van der Waals surface area contributed by atoms with Crippen LogP contribution in [0.3, 0.4) is 0 Å². The van der Waals surface area contributed by atoms with E-state index in [1.54, 1.807) is 24.1 Å². The van der Waals surface area contributed by atoms with E-state index in [0.717, 1.165) is 11.3 Å². The molecule has 96 valence electrons. The number of hydrogen-bond acceptors (Lipinski definition) is 2. The van der Waals surface area contributed by atoms with Crippen LogP contribution in [0.2, 0.25) is 0 Å². The van der Waals surface area contributed by atoms with Crippen LogP contribution in [0, 0.1) is 0 Å². The van der Waals surface area contributed by atoms with Crippen molar-refractivity contribution in [1.82, 2.24) is 0 Å². The van der Waals surface area contributed by atoms with Crippen molar-refractivity contribution in [2.45, 2.75) is 25.6 Å². The summed E-state index contributed by atoms with van der Waals surface area (Å²) >= 11 is 0. The van der Waals surface area contributed by atoms with Crippen molar-refractivity contribution in [2.75, 3.05) is 18.5 Å². The third kappa shape index (κ3) is 4.65. The lowest BCUT2D eigenvalue weighted by atomic mass is 10.1. The van der Waals surface area contributed by atoms with Gasteiger partial charge in [0.25, 0.3) is 0 Å². The number of nitrogens with zero attached hydrogens (tertiary/aromatic N) is 1. The molecule has 0 saturated carbocycles. The van der Waals surface area contributed by atoms with Gasteiger partial charge in [-0.2, -0.15) is 13.2 Å². The fourth-order valence-electron chi connectivity index (χ4n) is 1.46. The summed E-state index contributed by atoms with van der Waals surface area (Å²) in [5, 5.41) is 0. The molecule has 0 saturated heterocycles. The summed E-state index contributed by atoms with van der Waals surface area (Å²) in [7, 11) is 1.65. The fraction of sp³-hybridized carbons (Fsp3) is 0.500. The van der Waals surface area contributed by atoms with E-state index in [1.165, 1.54) is 0 Å². The molecular weight excluding hydrogens is 229 g/mol. The maximum Gasteiger partial charge on any atom is 0.390 e. The fourth-order valence-corrected chi connectivity index (χ4v) is 1.46. The van der Waals surface area contributed by atoms with Gasteiger partial charge in [-0.25, -0.2) is 0 Å². The van der Waals surface area contributed by atoms with Gasteiger partial charge in [-0.1, -0.05) is 12.1 Å². The van der Waals surface area contributed by atoms with E-state index in [-0.39, 0.29) is 12.6 Å². The van der Waals surface area contributed by atoms with Crippen molar-refractivity contribution in [3.05, 3.63) is 29.8 Å². The number of hydrogen-bond donors (Lipinski definition) is 1. The normalized spacial score (nSPS) is 13.5. The standard InChI is InChI=1S/C12H17F3N2/c1-9(16)10-3-5-11(6-4-10)17(2)8-7-12(13,14)15/h3-6,9H,7-8,16H2,1-2H3/t9-/m1/s1. The molecule has 0 radical (unpaired) electrons. The molecule has 0 aliphatic heterocycles. The molecule has 2 nitrogen and oxygen atoms in total. The van der Waals surface area contributed by atoms with Gasteiger partial charge in [0.2, 0.25) is 0 Å². The molecule has 2 N–H and O–H groups in total. The zero-order valence-electron chi connectivity index (χ0n) is 9.96. The number of halogens is 3. The molecule has 0 amide bonds. The first-order chi connectivity index (χ1) is 7.79. The Morgan fingerprint density at radius 3 is 2.18 bits per heavy atom. The van der Waals surface area contributed by atoms with Gasteiger partial charge in [-0.15, -0.1) is 0 Å². The molecule has 5 heteroatoms. The second-order valence-electron chi connectivity index (χ2n) is 4.17. The molecular formula is C12H17F3N2. The van der Waals surface area contributed by atoms with E-state index in [4.69, 9.17) is 5.73 Å². The number of anilines is 1. The van der Waals surface area contributed by atoms with Crippen LogP contribution in [-0.4, -0.2) is 19.8 Å². The first-order valence-electron chi connectivity index (χ1n) is 5.43. The van der Waals surface area contributed by atoms with Crippen molar-refractivity contribution in [2.24, 2.45) is 5.73 Å². The van der Waals surface area contributed by atoms with E-state index < -0.39 is 12.6 Å². The van der Waals surface area contributed by atoms with Crippen molar-refractivity contribution in [1.29, 1.82) is 0 Å². The predicted molar refractivity (Wildman–Crippen MR) is 63.0 cm³/mol. The first kappa shape index (κ1) is 13.8. The second-order valence-corrected chi connectivity index (χ2v) is 4.17. The minimum Gasteiger partial charge on any atom is -0.374 e. The van der Waals surface area contributed by atoms with Crippen LogP contribution < -0.4 is 10.6 Å². The van der Waals surface area contributed by atoms with Crippen molar-refractivity contribution >= 4 is 5.69 Å². The van der Waals surface area contributed by atoms with E-state index in [9.17, 15) is 13.2 Å². The van der Waals surface area contributed by atoms with Crippen LogP contribution in [-0.2, 0) is 0 Å². The Kier molecular flexibility index (Phi) is 4.40. The average Bonchev–Trinajstić information content (AvgIpc) is 2.25. The predicted octanol–water partition coefficient (Wildman–Crippen LogP) is 3.09. The smallest absolute Gasteiger partial charge is 0.374 e. The van der Waals surface area contributed by atoms with Gasteiger partial charge in [-0.3, -0.25) is 0 Å². The van der Waals surface area contributed by atoms with Gasteiger partial charge in [0.15, 0.2) is 0 Å². The van der Waals surface area contributed by atoms with Gasteiger partial charge in [0, 0.05) is 25.3 Å². The molecule has 0 aliphatic carbocycles. The summed E-state index contributed by atoms with van der Waals surface area (Å²) in [5.74, 6) is 0. The van der Waals surface area contributed by atoms with Crippen molar-refractivity contribution in [3.63, 3.8) is 0 Å². The summed E-state index contributed by atoms with van der Waals surface area (Å²) in [6.45, 7) is 1.82. The Hall–Kier alpha value is -1.23. The van der Waals surface area contributed by atoms with Gasteiger partial charge in [0.05, 0.1) is 6.42 Å². The lowest BCUT2D eigenvalue weighted by Crippen LogP contribution is -2.24. The SMILES string of the molecule is C[C@@H](N)c1ccc(N(C)CCC(F)(F)F)cc1. The van der Waals surface area contributed by atoms with E-state index in [0.29, 0.717) is 0 Å². The zero-order valence-corrected chi connectivity index (χ0v) is 9.96. The molecule has 0 spiro atoms. The molecule has 0 aliphatic rings. The lowest BCUT2D eigenvalue weighted by molar-refractivity contribution is -0.132. The third-order valence-electron chi connectivity index (χ3n) is 2.59. The Balaban J connectivity index is 2.60. The minimum absolute atomic E-state index is 0.0406. The first-order valence-corrected chi connectivity index (χ1v) is 5.43. The summed E-state index contributed by atoms with van der Waals surface area (Å²) in [5.41, 5.74) is 7.43. The summed E-state index contributed by atoms with van der Waals surface area (Å²) in [6, 6.07) is 7.18. The molecule has 1 rings (SSSR count). The molecule has 17 heavy (non-hydrogen) atoms. The van der Waals surface area contributed by atoms with Crippen LogP contribution in [0.4, 0.5) is 18.9 Å². The highest BCUT2D eigenvalue weighted by Gasteiger charge is 2.27. The maximum absolute atomic E-state index is 12.1. The monoisotopic (exact) mass is 246 g/mol. The van der Waals surface area contributed by atoms with Gasteiger partial charge in [0.1, 0.15) is 0 Å². The quantitative estimate of drug-likeness (QED) is 0.884. The molecule has 1 aromatic rings. The van der Waals surface area contributed by atoms with Crippen LogP contribution >= 0.6 is 0 Å². The molecule has 1 aromatic carbocycles. The molecule has 0 fully saturated rings. The lowest BCUT2D eigenvalue weighted by Gasteiger charge is -2.20. The molecule has 0 aromatic heterocycles. The molecule has 0 unspecified atom stereocenters. The van der Waals surface area contributed by atoms with Crippen LogP contribution in [0.5, 0.6) is 0 Å². The average molecular weight is 246 g/mol. The van der Waals surface area contributed by atoms with Gasteiger partial charge >= 0.3 is 6.18 Å². The molecule has 1 atom stereocenters. The summed E-state index contributed by atoms with van der Waals surface area (Å²) in [6.07, 6.45) is -4.92. The molecule has 0 bridgehead atoms. The third-order valence-corrected chi connectivity index (χ3v) is 2.59. The van der Waals surface area contributed by atoms with E-state index in [2.05, 4.69) is 0 Å². The van der Waals surface area contributed by atoms with Gasteiger partial charge < -0.3 is 10.6 Å². The summed E-state index contributed by atoms with van der Waals surface area (Å²) < 4.78 is 36.2. The number of rotatable bonds is 4. The highest BCUT2D eigenvalue weighted by molar-refractivity contribution is 5.47. The van der Waals surface area contributed by atoms with Crippen molar-refractivity contribution in [3.8, 4) is 0 Å². The highest BCUT2D eigenvalue weighted by Crippen LogP contribution is 2.22. The van der Waals surface area contributed by atoms with E-state index in [1.807, 2.05) is 19.1 Å². The highest BCUT2D eigenvalue weighted by atomic mass is 19.4. The summed E-state index contributed by atoms with van der Waals surface area (Å²) in [4.78, 5) is 1.58. The van der Waals surface area contributed by atoms with Crippen LogP contribution in [0.1, 0.15) is 24.9 Å². The minimum atomic E-state index is -4.11. The largest absolute Gasteiger partial charge is 0.390 e. The maximum atomic E-state index is 12.1. The Morgan fingerprint density at radius 1 is 1.24 bits per heavy atom. The number of alkyl halides is 3. The second kappa shape index (κ2) is 5.40. The Bertz CT molecular complexity index is 344. The Labute approximate surface area is 99.2 Å². The zero-order chi connectivity index (χ0) is 13.1. The number of benzene rings is 1. The molecule has 0 heterocycles.